The first kappa shape index (κ1) is 14.6. The molecule has 2 N–H and O–H groups in total. The van der Waals surface area contributed by atoms with Gasteiger partial charge in [0.25, 0.3) is 5.91 Å². The van der Waals surface area contributed by atoms with E-state index >= 15 is 0 Å². The summed E-state index contributed by atoms with van der Waals surface area (Å²) in [5.41, 5.74) is 6.29. The van der Waals surface area contributed by atoms with E-state index in [1.165, 1.54) is 17.0 Å². The number of nitrogens with two attached hydrogens (primary N) is 1. The number of hydrogen-bond donors (Lipinski definition) is 1. The summed E-state index contributed by atoms with van der Waals surface area (Å²) in [5.74, 6) is -0.870. The fraction of sp³-hybridized carbons (Fsp3) is 0.385. The van der Waals surface area contributed by atoms with E-state index in [1.54, 1.807) is 20.0 Å². The Morgan fingerprint density at radius 2 is 2.17 bits per heavy atom. The van der Waals surface area contributed by atoms with Crippen LogP contribution in [-0.2, 0) is 0 Å². The first-order chi connectivity index (χ1) is 8.32. The van der Waals surface area contributed by atoms with Crippen LogP contribution in [0.4, 0.5) is 4.39 Å². The zero-order valence-electron chi connectivity index (χ0n) is 10.7. The fourth-order valence-corrected chi connectivity index (χ4v) is 1.85. The Labute approximate surface area is 112 Å². The first-order valence-corrected chi connectivity index (χ1v) is 6.05. The second-order valence-corrected chi connectivity index (χ2v) is 4.94. The van der Waals surface area contributed by atoms with Gasteiger partial charge in [0.1, 0.15) is 5.82 Å². The van der Waals surface area contributed by atoms with E-state index in [0.29, 0.717) is 11.4 Å². The third kappa shape index (κ3) is 3.50. The molecule has 1 aromatic rings. The molecule has 18 heavy (non-hydrogen) atoms. The minimum absolute atomic E-state index is 0.0675. The van der Waals surface area contributed by atoms with Crippen molar-refractivity contribution in [2.75, 3.05) is 7.05 Å². The molecule has 1 aromatic carbocycles. The maximum Gasteiger partial charge on any atom is 0.256 e. The van der Waals surface area contributed by atoms with Gasteiger partial charge in [-0.15, -0.1) is 0 Å². The second-order valence-electron chi connectivity index (χ2n) is 4.42. The van der Waals surface area contributed by atoms with Gasteiger partial charge >= 0.3 is 0 Å². The minimum Gasteiger partial charge on any atom is -0.393 e. The standard InChI is InChI=1S/C13H17FN2OS/c1-8-4-5-10(11(14)6-8)13(17)16(3)9(2)7-12(15)18/h4-6,9H,7H2,1-3H3,(H2,15,18). The summed E-state index contributed by atoms with van der Waals surface area (Å²) in [6, 6.07) is 4.40. The molecule has 0 spiro atoms. The molecule has 5 heteroatoms. The summed E-state index contributed by atoms with van der Waals surface area (Å²) in [5, 5.41) is 0. The first-order valence-electron chi connectivity index (χ1n) is 5.64. The Bertz CT molecular complexity index is 476. The molecule has 0 radical (unpaired) electrons. The highest BCUT2D eigenvalue weighted by Gasteiger charge is 2.20. The number of carbonyl (C=O) groups excluding carboxylic acids is 1. The van der Waals surface area contributed by atoms with Crippen LogP contribution in [0.5, 0.6) is 0 Å². The molecular weight excluding hydrogens is 251 g/mol. The number of halogens is 1. The van der Waals surface area contributed by atoms with Crippen molar-refractivity contribution in [3.05, 3.63) is 35.1 Å². The number of amides is 1. The Morgan fingerprint density at radius 3 is 2.67 bits per heavy atom. The van der Waals surface area contributed by atoms with Crippen LogP contribution in [0.1, 0.15) is 29.3 Å². The average molecular weight is 268 g/mol. The van der Waals surface area contributed by atoms with E-state index in [0.717, 1.165) is 5.56 Å². The van der Waals surface area contributed by atoms with Crippen molar-refractivity contribution in [2.45, 2.75) is 26.3 Å². The van der Waals surface area contributed by atoms with Crippen LogP contribution in [-0.4, -0.2) is 28.9 Å². The van der Waals surface area contributed by atoms with Gasteiger partial charge in [-0.3, -0.25) is 4.79 Å². The highest BCUT2D eigenvalue weighted by atomic mass is 32.1. The van der Waals surface area contributed by atoms with Crippen LogP contribution in [0.3, 0.4) is 0 Å². The molecule has 1 atom stereocenters. The van der Waals surface area contributed by atoms with Gasteiger partial charge in [-0.2, -0.15) is 0 Å². The number of rotatable bonds is 4. The van der Waals surface area contributed by atoms with Gasteiger partial charge in [-0.1, -0.05) is 18.3 Å². The van der Waals surface area contributed by atoms with E-state index in [4.69, 9.17) is 18.0 Å². The molecule has 1 unspecified atom stereocenters. The van der Waals surface area contributed by atoms with Crippen molar-refractivity contribution in [3.63, 3.8) is 0 Å². The minimum atomic E-state index is -0.505. The topological polar surface area (TPSA) is 46.3 Å². The van der Waals surface area contributed by atoms with Crippen LogP contribution in [0, 0.1) is 12.7 Å². The zero-order chi connectivity index (χ0) is 13.9. The predicted molar refractivity (Wildman–Crippen MR) is 74.1 cm³/mol. The lowest BCUT2D eigenvalue weighted by Gasteiger charge is -2.24. The average Bonchev–Trinajstić information content (AvgIpc) is 2.26. The van der Waals surface area contributed by atoms with E-state index in [9.17, 15) is 9.18 Å². The molecule has 0 aliphatic carbocycles. The van der Waals surface area contributed by atoms with E-state index in [2.05, 4.69) is 0 Å². The summed E-state index contributed by atoms with van der Waals surface area (Å²) in [6.45, 7) is 3.60. The molecule has 0 aromatic heterocycles. The zero-order valence-corrected chi connectivity index (χ0v) is 11.6. The molecule has 0 heterocycles. The van der Waals surface area contributed by atoms with Gasteiger partial charge in [0.15, 0.2) is 0 Å². The molecule has 0 aliphatic rings. The SMILES string of the molecule is Cc1ccc(C(=O)N(C)C(C)CC(N)=S)c(F)c1. The molecule has 1 amide bonds. The molecule has 0 bridgehead atoms. The summed E-state index contributed by atoms with van der Waals surface area (Å²) in [6.07, 6.45) is 0.422. The van der Waals surface area contributed by atoms with Crippen molar-refractivity contribution in [1.82, 2.24) is 4.90 Å². The van der Waals surface area contributed by atoms with Crippen molar-refractivity contribution in [3.8, 4) is 0 Å². The summed E-state index contributed by atoms with van der Waals surface area (Å²) >= 11 is 4.80. The molecule has 3 nitrogen and oxygen atoms in total. The number of thiocarbonyl (C=S) groups is 1. The van der Waals surface area contributed by atoms with E-state index < -0.39 is 5.82 Å². The van der Waals surface area contributed by atoms with Crippen LogP contribution >= 0.6 is 12.2 Å². The third-order valence-electron chi connectivity index (χ3n) is 2.83. The van der Waals surface area contributed by atoms with Gasteiger partial charge in [0.2, 0.25) is 0 Å². The maximum atomic E-state index is 13.7. The van der Waals surface area contributed by atoms with Crippen molar-refractivity contribution in [1.29, 1.82) is 0 Å². The van der Waals surface area contributed by atoms with E-state index in [-0.39, 0.29) is 17.5 Å². The van der Waals surface area contributed by atoms with E-state index in [1.807, 2.05) is 6.92 Å². The summed E-state index contributed by atoms with van der Waals surface area (Å²) in [7, 11) is 1.62. The number of nitrogens with zero attached hydrogens (tertiary/aromatic N) is 1. The lowest BCUT2D eigenvalue weighted by molar-refractivity contribution is 0.0743. The predicted octanol–water partition coefficient (Wildman–Crippen LogP) is 2.27. The van der Waals surface area contributed by atoms with Gasteiger partial charge in [0.05, 0.1) is 10.6 Å². The van der Waals surface area contributed by atoms with Crippen LogP contribution < -0.4 is 5.73 Å². The molecule has 0 saturated heterocycles. The Kier molecular flexibility index (Phi) is 4.78. The fourth-order valence-electron chi connectivity index (χ4n) is 1.61. The Hall–Kier alpha value is -1.49. The monoisotopic (exact) mass is 268 g/mol. The molecule has 98 valence electrons. The molecule has 0 saturated carbocycles. The highest BCUT2D eigenvalue weighted by molar-refractivity contribution is 7.80. The number of hydrogen-bond acceptors (Lipinski definition) is 2. The van der Waals surface area contributed by atoms with Crippen molar-refractivity contribution >= 4 is 23.1 Å². The van der Waals surface area contributed by atoms with Gasteiger partial charge in [-0.05, 0) is 31.5 Å². The molecule has 0 aliphatic heterocycles. The number of benzene rings is 1. The Morgan fingerprint density at radius 1 is 1.56 bits per heavy atom. The number of aryl methyl sites for hydroxylation is 1. The van der Waals surface area contributed by atoms with Gasteiger partial charge in [-0.25, -0.2) is 4.39 Å². The largest absolute Gasteiger partial charge is 0.393 e. The maximum absolute atomic E-state index is 13.7. The van der Waals surface area contributed by atoms with Crippen LogP contribution in [0.15, 0.2) is 18.2 Å². The number of carbonyl (C=O) groups is 1. The van der Waals surface area contributed by atoms with Crippen LogP contribution in [0.2, 0.25) is 0 Å². The molecule has 0 fully saturated rings. The summed E-state index contributed by atoms with van der Waals surface area (Å²) in [4.78, 5) is 13.9. The highest BCUT2D eigenvalue weighted by Crippen LogP contribution is 2.14. The second kappa shape index (κ2) is 5.91. The Balaban J connectivity index is 2.89. The van der Waals surface area contributed by atoms with Crippen LogP contribution in [0.25, 0.3) is 0 Å². The lowest BCUT2D eigenvalue weighted by Crippen LogP contribution is -2.37. The third-order valence-corrected chi connectivity index (χ3v) is 3.00. The smallest absolute Gasteiger partial charge is 0.256 e. The van der Waals surface area contributed by atoms with Gasteiger partial charge in [0, 0.05) is 19.5 Å². The quantitative estimate of drug-likeness (QED) is 0.852. The molecule has 1 rings (SSSR count). The summed E-state index contributed by atoms with van der Waals surface area (Å²) < 4.78 is 13.7. The molecular formula is C13H17FN2OS. The lowest BCUT2D eigenvalue weighted by atomic mass is 10.1. The van der Waals surface area contributed by atoms with Crippen molar-refractivity contribution in [2.24, 2.45) is 5.73 Å². The van der Waals surface area contributed by atoms with Crippen molar-refractivity contribution < 1.29 is 9.18 Å². The van der Waals surface area contributed by atoms with Gasteiger partial charge < -0.3 is 10.6 Å². The normalized spacial score (nSPS) is 12.0.